The summed E-state index contributed by atoms with van der Waals surface area (Å²) in [4.78, 5) is 3.70. The molecule has 2 atom stereocenters. The number of aromatic nitrogens is 1. The molecule has 2 saturated carbocycles. The van der Waals surface area contributed by atoms with Crippen molar-refractivity contribution < 1.29 is 9.13 Å². The van der Waals surface area contributed by atoms with Gasteiger partial charge >= 0.3 is 0 Å². The van der Waals surface area contributed by atoms with Crippen molar-refractivity contribution in [2.75, 3.05) is 11.9 Å². The summed E-state index contributed by atoms with van der Waals surface area (Å²) >= 11 is 0. The number of hydrogen-bond acceptors (Lipinski definition) is 3. The number of ether oxygens (including phenoxy) is 1. The van der Waals surface area contributed by atoms with Gasteiger partial charge in [-0.05, 0) is 38.3 Å². The first-order chi connectivity index (χ1) is 9.24. The molecule has 2 unspecified atom stereocenters. The Balaban J connectivity index is 1.70. The normalized spacial score (nSPS) is 28.3. The topological polar surface area (TPSA) is 34.1 Å². The van der Waals surface area contributed by atoms with E-state index in [0.717, 1.165) is 18.7 Å². The molecule has 1 spiro atoms. The van der Waals surface area contributed by atoms with Crippen molar-refractivity contribution in [1.29, 1.82) is 0 Å². The SMILES string of the molecule is CCOC1CC(Nc2ccc(F)nc2)C12CCCC2. The zero-order valence-electron chi connectivity index (χ0n) is 11.4. The summed E-state index contributed by atoms with van der Waals surface area (Å²) in [6, 6.07) is 3.61. The average molecular weight is 264 g/mol. The van der Waals surface area contributed by atoms with Crippen LogP contribution >= 0.6 is 0 Å². The number of anilines is 1. The number of nitrogens with one attached hydrogen (secondary N) is 1. The van der Waals surface area contributed by atoms with Gasteiger partial charge in [0.05, 0.1) is 18.0 Å². The first-order valence-corrected chi connectivity index (χ1v) is 7.24. The fourth-order valence-electron chi connectivity index (χ4n) is 3.75. The van der Waals surface area contributed by atoms with Gasteiger partial charge in [0.1, 0.15) is 0 Å². The molecule has 3 rings (SSSR count). The van der Waals surface area contributed by atoms with E-state index >= 15 is 0 Å². The highest BCUT2D eigenvalue weighted by Gasteiger charge is 2.56. The van der Waals surface area contributed by atoms with E-state index in [-0.39, 0.29) is 0 Å². The lowest BCUT2D eigenvalue weighted by molar-refractivity contribution is -0.114. The van der Waals surface area contributed by atoms with Crippen LogP contribution in [0, 0.1) is 11.4 Å². The maximum Gasteiger partial charge on any atom is 0.212 e. The second-order valence-electron chi connectivity index (χ2n) is 5.69. The number of hydrogen-bond donors (Lipinski definition) is 1. The van der Waals surface area contributed by atoms with E-state index in [1.807, 2.05) is 0 Å². The molecule has 0 amide bonds. The van der Waals surface area contributed by atoms with Gasteiger partial charge in [0.15, 0.2) is 0 Å². The Kier molecular flexibility index (Phi) is 3.44. The fraction of sp³-hybridized carbons (Fsp3) is 0.667. The second kappa shape index (κ2) is 5.08. The molecule has 0 saturated heterocycles. The summed E-state index contributed by atoms with van der Waals surface area (Å²) in [6.07, 6.45) is 8.09. The third-order valence-corrected chi connectivity index (χ3v) is 4.76. The van der Waals surface area contributed by atoms with Crippen molar-refractivity contribution >= 4 is 5.69 Å². The van der Waals surface area contributed by atoms with Gasteiger partial charge in [-0.1, -0.05) is 12.8 Å². The van der Waals surface area contributed by atoms with Gasteiger partial charge in [0.2, 0.25) is 5.95 Å². The van der Waals surface area contributed by atoms with Gasteiger partial charge in [-0.25, -0.2) is 4.98 Å². The standard InChI is InChI=1S/C15H21FN2O/c1-2-19-13-9-12(15(13)7-3-4-8-15)18-11-5-6-14(16)17-10-11/h5-6,10,12-13,18H,2-4,7-9H2,1H3. The molecule has 1 heterocycles. The molecule has 19 heavy (non-hydrogen) atoms. The summed E-state index contributed by atoms with van der Waals surface area (Å²) in [5.74, 6) is -0.429. The molecule has 0 radical (unpaired) electrons. The minimum atomic E-state index is -0.429. The smallest absolute Gasteiger partial charge is 0.212 e. The van der Waals surface area contributed by atoms with Crippen molar-refractivity contribution in [1.82, 2.24) is 4.98 Å². The molecule has 2 fully saturated rings. The Morgan fingerprint density at radius 1 is 1.42 bits per heavy atom. The molecule has 1 N–H and O–H groups in total. The summed E-state index contributed by atoms with van der Waals surface area (Å²) < 4.78 is 18.7. The average Bonchev–Trinajstić information content (AvgIpc) is 2.92. The van der Waals surface area contributed by atoms with Crippen LogP contribution in [0.1, 0.15) is 39.0 Å². The Labute approximate surface area is 113 Å². The third-order valence-electron chi connectivity index (χ3n) is 4.76. The second-order valence-corrected chi connectivity index (χ2v) is 5.69. The number of pyridine rings is 1. The van der Waals surface area contributed by atoms with E-state index in [0.29, 0.717) is 17.6 Å². The van der Waals surface area contributed by atoms with E-state index in [1.165, 1.54) is 31.7 Å². The van der Waals surface area contributed by atoms with Gasteiger partial charge in [-0.2, -0.15) is 4.39 Å². The van der Waals surface area contributed by atoms with E-state index in [4.69, 9.17) is 4.74 Å². The minimum absolute atomic E-state index is 0.296. The van der Waals surface area contributed by atoms with Crippen molar-refractivity contribution in [2.45, 2.75) is 51.2 Å². The monoisotopic (exact) mass is 264 g/mol. The van der Waals surface area contributed by atoms with Crippen LogP contribution in [0.2, 0.25) is 0 Å². The van der Waals surface area contributed by atoms with Crippen LogP contribution in [0.25, 0.3) is 0 Å². The summed E-state index contributed by atoms with van der Waals surface area (Å²) in [5, 5.41) is 3.52. The van der Waals surface area contributed by atoms with E-state index < -0.39 is 5.95 Å². The quantitative estimate of drug-likeness (QED) is 0.847. The molecule has 4 heteroatoms. The highest BCUT2D eigenvalue weighted by molar-refractivity contribution is 5.43. The van der Waals surface area contributed by atoms with Crippen molar-refractivity contribution in [3.05, 3.63) is 24.3 Å². The van der Waals surface area contributed by atoms with E-state index in [9.17, 15) is 4.39 Å². The first kappa shape index (κ1) is 12.9. The molecule has 104 valence electrons. The Bertz CT molecular complexity index is 428. The van der Waals surface area contributed by atoms with E-state index in [2.05, 4.69) is 17.2 Å². The first-order valence-electron chi connectivity index (χ1n) is 7.24. The lowest BCUT2D eigenvalue weighted by Gasteiger charge is -2.54. The number of halogens is 1. The molecular weight excluding hydrogens is 243 g/mol. The van der Waals surface area contributed by atoms with Gasteiger partial charge in [0, 0.05) is 18.1 Å². The molecule has 2 aliphatic carbocycles. The van der Waals surface area contributed by atoms with Gasteiger partial charge in [-0.15, -0.1) is 0 Å². The lowest BCUT2D eigenvalue weighted by Crippen LogP contribution is -2.60. The van der Waals surface area contributed by atoms with Gasteiger partial charge in [0.25, 0.3) is 0 Å². The highest BCUT2D eigenvalue weighted by Crippen LogP contribution is 2.55. The molecule has 1 aromatic heterocycles. The van der Waals surface area contributed by atoms with Crippen LogP contribution in [-0.4, -0.2) is 23.7 Å². The molecule has 1 aromatic rings. The van der Waals surface area contributed by atoms with Crippen LogP contribution in [0.4, 0.5) is 10.1 Å². The van der Waals surface area contributed by atoms with Crippen molar-refractivity contribution in [3.8, 4) is 0 Å². The third kappa shape index (κ3) is 2.22. The molecular formula is C15H21FN2O. The largest absolute Gasteiger partial charge is 0.380 e. The Morgan fingerprint density at radius 3 is 2.84 bits per heavy atom. The fourth-order valence-corrected chi connectivity index (χ4v) is 3.75. The van der Waals surface area contributed by atoms with Gasteiger partial charge in [-0.3, -0.25) is 0 Å². The summed E-state index contributed by atoms with van der Waals surface area (Å²) in [7, 11) is 0. The molecule has 0 bridgehead atoms. The van der Waals surface area contributed by atoms with Crippen LogP contribution < -0.4 is 5.32 Å². The zero-order chi connectivity index (χ0) is 13.3. The summed E-state index contributed by atoms with van der Waals surface area (Å²) in [6.45, 7) is 2.85. The van der Waals surface area contributed by atoms with Crippen molar-refractivity contribution in [3.63, 3.8) is 0 Å². The highest BCUT2D eigenvalue weighted by atomic mass is 19.1. The van der Waals surface area contributed by atoms with Crippen LogP contribution in [0.15, 0.2) is 18.3 Å². The van der Waals surface area contributed by atoms with Crippen molar-refractivity contribution in [2.24, 2.45) is 5.41 Å². The number of nitrogens with zero attached hydrogens (tertiary/aromatic N) is 1. The molecule has 2 aliphatic rings. The van der Waals surface area contributed by atoms with Crippen LogP contribution in [-0.2, 0) is 4.74 Å². The number of rotatable bonds is 4. The molecule has 0 aromatic carbocycles. The molecule has 0 aliphatic heterocycles. The van der Waals surface area contributed by atoms with Crippen LogP contribution in [0.3, 0.4) is 0 Å². The van der Waals surface area contributed by atoms with Gasteiger partial charge < -0.3 is 10.1 Å². The maximum atomic E-state index is 12.8. The minimum Gasteiger partial charge on any atom is -0.380 e. The molecule has 3 nitrogen and oxygen atoms in total. The predicted molar refractivity (Wildman–Crippen MR) is 72.5 cm³/mol. The van der Waals surface area contributed by atoms with Crippen LogP contribution in [0.5, 0.6) is 0 Å². The summed E-state index contributed by atoms with van der Waals surface area (Å²) in [5.41, 5.74) is 1.21. The Hall–Kier alpha value is -1.16. The maximum absolute atomic E-state index is 12.8. The Morgan fingerprint density at radius 2 is 2.21 bits per heavy atom. The zero-order valence-corrected chi connectivity index (χ0v) is 11.4. The van der Waals surface area contributed by atoms with E-state index in [1.54, 1.807) is 12.3 Å². The predicted octanol–water partition coefficient (Wildman–Crippen LogP) is 3.37. The lowest BCUT2D eigenvalue weighted by atomic mass is 9.60.